The molecule has 0 bridgehead atoms. The van der Waals surface area contributed by atoms with Crippen molar-refractivity contribution < 1.29 is 0 Å². The first-order valence-corrected chi connectivity index (χ1v) is 9.21. The van der Waals surface area contributed by atoms with Crippen LogP contribution in [0.25, 0.3) is 11.0 Å². The van der Waals surface area contributed by atoms with Crippen molar-refractivity contribution in [3.05, 3.63) is 69.8 Å². The fourth-order valence-electron chi connectivity index (χ4n) is 3.21. The summed E-state index contributed by atoms with van der Waals surface area (Å²) in [6.07, 6.45) is 1.81. The van der Waals surface area contributed by atoms with Crippen LogP contribution in [0, 0.1) is 20.8 Å². The first-order valence-electron chi connectivity index (χ1n) is 8.83. The van der Waals surface area contributed by atoms with Gasteiger partial charge in [-0.05, 0) is 44.5 Å². The highest BCUT2D eigenvalue weighted by Crippen LogP contribution is 2.20. The molecular formula is C20H21ClN6. The van der Waals surface area contributed by atoms with E-state index >= 15 is 0 Å². The number of nitrogens with zero attached hydrogens (tertiary/aromatic N) is 4. The molecule has 6 nitrogen and oxygen atoms in total. The van der Waals surface area contributed by atoms with Gasteiger partial charge in [-0.15, -0.1) is 0 Å². The second-order valence-electron chi connectivity index (χ2n) is 6.73. The van der Waals surface area contributed by atoms with Crippen molar-refractivity contribution >= 4 is 28.3 Å². The van der Waals surface area contributed by atoms with Crippen LogP contribution in [0.2, 0.25) is 5.02 Å². The van der Waals surface area contributed by atoms with Crippen LogP contribution in [-0.2, 0) is 13.1 Å². The molecule has 4 aromatic rings. The minimum atomic E-state index is 0.697. The van der Waals surface area contributed by atoms with Crippen LogP contribution in [-0.4, -0.2) is 25.0 Å². The molecule has 7 heteroatoms. The third-order valence-corrected chi connectivity index (χ3v) is 5.10. The van der Waals surface area contributed by atoms with E-state index in [9.17, 15) is 0 Å². The Morgan fingerprint density at radius 2 is 1.93 bits per heavy atom. The van der Waals surface area contributed by atoms with E-state index in [0.717, 1.165) is 45.4 Å². The first-order chi connectivity index (χ1) is 13.0. The van der Waals surface area contributed by atoms with Crippen molar-refractivity contribution in [3.8, 4) is 0 Å². The van der Waals surface area contributed by atoms with Crippen LogP contribution in [0.5, 0.6) is 0 Å². The monoisotopic (exact) mass is 380 g/mol. The third kappa shape index (κ3) is 3.53. The topological polar surface area (TPSA) is 71.4 Å². The van der Waals surface area contributed by atoms with Crippen LogP contribution < -0.4 is 5.32 Å². The number of fused-ring (bicyclic) bond motifs is 1. The minimum Gasteiger partial charge on any atom is -0.380 e. The van der Waals surface area contributed by atoms with E-state index < -0.39 is 0 Å². The number of rotatable bonds is 5. The summed E-state index contributed by atoms with van der Waals surface area (Å²) < 4.78 is 2.04. The van der Waals surface area contributed by atoms with Crippen LogP contribution in [0.15, 0.2) is 36.5 Å². The molecule has 2 N–H and O–H groups in total. The maximum atomic E-state index is 5.97. The molecule has 138 valence electrons. The predicted octanol–water partition coefficient (Wildman–Crippen LogP) is 4.39. The van der Waals surface area contributed by atoms with Crippen molar-refractivity contribution in [2.24, 2.45) is 0 Å². The highest BCUT2D eigenvalue weighted by molar-refractivity contribution is 6.30. The molecule has 0 aliphatic carbocycles. The molecule has 3 aromatic heterocycles. The Kier molecular flexibility index (Phi) is 4.58. The number of pyridine rings is 1. The van der Waals surface area contributed by atoms with Gasteiger partial charge in [0.25, 0.3) is 0 Å². The number of benzene rings is 1. The Balaban J connectivity index is 1.52. The third-order valence-electron chi connectivity index (χ3n) is 4.85. The highest BCUT2D eigenvalue weighted by Gasteiger charge is 2.12. The summed E-state index contributed by atoms with van der Waals surface area (Å²) in [5.41, 5.74) is 7.29. The van der Waals surface area contributed by atoms with Gasteiger partial charge in [0.15, 0.2) is 5.65 Å². The van der Waals surface area contributed by atoms with Crippen LogP contribution in [0.1, 0.15) is 28.2 Å². The van der Waals surface area contributed by atoms with Gasteiger partial charge in [0.1, 0.15) is 0 Å². The molecule has 0 atom stereocenters. The Labute approximate surface area is 162 Å². The molecule has 27 heavy (non-hydrogen) atoms. The molecular weight excluding hydrogens is 360 g/mol. The summed E-state index contributed by atoms with van der Waals surface area (Å²) in [6.45, 7) is 7.57. The Morgan fingerprint density at radius 1 is 1.15 bits per heavy atom. The zero-order valence-corrected chi connectivity index (χ0v) is 16.3. The number of aromatic nitrogens is 5. The van der Waals surface area contributed by atoms with Crippen molar-refractivity contribution in [3.63, 3.8) is 0 Å². The summed E-state index contributed by atoms with van der Waals surface area (Å²) in [7, 11) is 0. The van der Waals surface area contributed by atoms with Gasteiger partial charge in [-0.1, -0.05) is 23.7 Å². The summed E-state index contributed by atoms with van der Waals surface area (Å²) in [4.78, 5) is 4.39. The van der Waals surface area contributed by atoms with E-state index in [4.69, 9.17) is 16.7 Å². The number of aromatic amines is 1. The zero-order chi connectivity index (χ0) is 19.0. The van der Waals surface area contributed by atoms with Gasteiger partial charge in [-0.2, -0.15) is 10.2 Å². The lowest BCUT2D eigenvalue weighted by Crippen LogP contribution is -2.06. The van der Waals surface area contributed by atoms with Crippen LogP contribution >= 0.6 is 11.6 Å². The van der Waals surface area contributed by atoms with Gasteiger partial charge in [0.05, 0.1) is 24.1 Å². The molecule has 0 aliphatic heterocycles. The predicted molar refractivity (Wildman–Crippen MR) is 108 cm³/mol. The van der Waals surface area contributed by atoms with Crippen molar-refractivity contribution in [1.82, 2.24) is 25.0 Å². The summed E-state index contributed by atoms with van der Waals surface area (Å²) in [5, 5.41) is 17.1. The number of hydrogen-bond acceptors (Lipinski definition) is 4. The number of H-pyrrole nitrogens is 1. The van der Waals surface area contributed by atoms with Crippen LogP contribution in [0.4, 0.5) is 5.69 Å². The van der Waals surface area contributed by atoms with Gasteiger partial charge in [0.2, 0.25) is 0 Å². The number of anilines is 1. The highest BCUT2D eigenvalue weighted by atomic mass is 35.5. The summed E-state index contributed by atoms with van der Waals surface area (Å²) >= 11 is 5.97. The van der Waals surface area contributed by atoms with Gasteiger partial charge in [-0.25, -0.2) is 4.98 Å². The number of hydrogen-bond donors (Lipinski definition) is 2. The lowest BCUT2D eigenvalue weighted by Gasteiger charge is -2.08. The average Bonchev–Trinajstić information content (AvgIpc) is 3.15. The second kappa shape index (κ2) is 7.04. The molecule has 0 aliphatic rings. The Hall–Kier alpha value is -2.86. The maximum absolute atomic E-state index is 5.97. The van der Waals surface area contributed by atoms with Gasteiger partial charge >= 0.3 is 0 Å². The van der Waals surface area contributed by atoms with E-state index in [1.165, 1.54) is 11.1 Å². The molecule has 1 aromatic carbocycles. The lowest BCUT2D eigenvalue weighted by atomic mass is 10.2. The largest absolute Gasteiger partial charge is 0.380 e. The normalized spacial score (nSPS) is 11.3. The lowest BCUT2D eigenvalue weighted by molar-refractivity contribution is 0.658. The standard InChI is InChI=1S/C20H21ClN6/c1-12-18-8-17(9-23-20(18)25-24-12)22-10-19-13(2)26-27(14(19)3)11-15-4-6-16(21)7-5-15/h4-9,22H,10-11H2,1-3H3,(H,23,24,25). The fraction of sp³-hybridized carbons (Fsp3) is 0.250. The Bertz CT molecular complexity index is 1090. The smallest absolute Gasteiger partial charge is 0.181 e. The van der Waals surface area contributed by atoms with Gasteiger partial charge in [0, 0.05) is 33.9 Å². The summed E-state index contributed by atoms with van der Waals surface area (Å²) in [6, 6.07) is 9.96. The summed E-state index contributed by atoms with van der Waals surface area (Å²) in [5.74, 6) is 0. The van der Waals surface area contributed by atoms with Gasteiger partial charge < -0.3 is 5.32 Å². The van der Waals surface area contributed by atoms with E-state index in [1.54, 1.807) is 0 Å². The van der Waals surface area contributed by atoms with E-state index in [2.05, 4.69) is 33.5 Å². The average molecular weight is 381 g/mol. The molecule has 0 spiro atoms. The molecule has 0 saturated carbocycles. The van der Waals surface area contributed by atoms with Crippen LogP contribution in [0.3, 0.4) is 0 Å². The molecule has 4 rings (SSSR count). The quantitative estimate of drug-likeness (QED) is 0.538. The van der Waals surface area contributed by atoms with Gasteiger partial charge in [-0.3, -0.25) is 9.78 Å². The molecule has 0 unspecified atom stereocenters. The number of nitrogens with one attached hydrogen (secondary N) is 2. The van der Waals surface area contributed by atoms with E-state index in [-0.39, 0.29) is 0 Å². The molecule has 0 fully saturated rings. The number of halogens is 1. The molecule has 0 saturated heterocycles. The van der Waals surface area contributed by atoms with Crippen molar-refractivity contribution in [1.29, 1.82) is 0 Å². The van der Waals surface area contributed by atoms with Crippen molar-refractivity contribution in [2.75, 3.05) is 5.32 Å². The second-order valence-corrected chi connectivity index (χ2v) is 7.17. The minimum absolute atomic E-state index is 0.697. The zero-order valence-electron chi connectivity index (χ0n) is 15.5. The molecule has 0 radical (unpaired) electrons. The molecule has 0 amide bonds. The Morgan fingerprint density at radius 3 is 2.70 bits per heavy atom. The SMILES string of the molecule is Cc1nn(Cc2ccc(Cl)cc2)c(C)c1CNc1cnc2n[nH]c(C)c2c1. The molecule has 3 heterocycles. The van der Waals surface area contributed by atoms with Crippen molar-refractivity contribution in [2.45, 2.75) is 33.9 Å². The first kappa shape index (κ1) is 17.5. The fourth-order valence-corrected chi connectivity index (χ4v) is 3.34. The maximum Gasteiger partial charge on any atom is 0.181 e. The van der Waals surface area contributed by atoms with E-state index in [1.807, 2.05) is 49.0 Å². The van der Waals surface area contributed by atoms with E-state index in [0.29, 0.717) is 6.54 Å². The number of aryl methyl sites for hydroxylation is 2.